The van der Waals surface area contributed by atoms with Crippen LogP contribution >= 0.6 is 0 Å². The van der Waals surface area contributed by atoms with Gasteiger partial charge in [-0.1, -0.05) is 48.5 Å². The van der Waals surface area contributed by atoms with Crippen molar-refractivity contribution >= 4 is 5.91 Å². The Morgan fingerprint density at radius 3 is 2.56 bits per heavy atom. The number of carbonyl (C=O) groups excluding carboxylic acids is 1. The first-order valence-electron chi connectivity index (χ1n) is 9.62. The first kappa shape index (κ1) is 18.1. The summed E-state index contributed by atoms with van der Waals surface area (Å²) in [6, 6.07) is 16.8. The molecule has 1 saturated carbocycles. The molecule has 3 atom stereocenters. The van der Waals surface area contributed by atoms with E-state index in [1.165, 1.54) is 6.07 Å². The molecule has 0 radical (unpaired) electrons. The highest BCUT2D eigenvalue weighted by Crippen LogP contribution is 2.48. The molecule has 0 bridgehead atoms. The van der Waals surface area contributed by atoms with Gasteiger partial charge in [0, 0.05) is 25.6 Å². The smallest absolute Gasteiger partial charge is 0.224 e. The Kier molecular flexibility index (Phi) is 5.50. The largest absolute Gasteiger partial charge is 0.379 e. The third-order valence-corrected chi connectivity index (χ3v) is 5.49. The van der Waals surface area contributed by atoms with Gasteiger partial charge in [0.15, 0.2) is 0 Å². The predicted octanol–water partition coefficient (Wildman–Crippen LogP) is 3.12. The van der Waals surface area contributed by atoms with Crippen molar-refractivity contribution in [3.05, 3.63) is 71.5 Å². The minimum absolute atomic E-state index is 0.00832. The predicted molar refractivity (Wildman–Crippen MR) is 102 cm³/mol. The Balaban J connectivity index is 1.43. The standard InChI is InChI=1S/C22H25FN2O2/c23-20-9-5-4-8-17(20)18-14-19(18)22(26)24-21(16-6-2-1-3-7-16)15-25-10-12-27-13-11-25/h1-9,18-19,21H,10-15H2,(H,24,26). The number of ether oxygens (including phenoxy) is 1. The highest BCUT2D eigenvalue weighted by atomic mass is 19.1. The van der Waals surface area contributed by atoms with Crippen molar-refractivity contribution < 1.29 is 13.9 Å². The maximum atomic E-state index is 14.0. The van der Waals surface area contributed by atoms with Gasteiger partial charge in [-0.05, 0) is 29.5 Å². The second kappa shape index (κ2) is 8.19. The lowest BCUT2D eigenvalue weighted by molar-refractivity contribution is -0.123. The van der Waals surface area contributed by atoms with Crippen LogP contribution in [0.4, 0.5) is 4.39 Å². The molecular weight excluding hydrogens is 343 g/mol. The first-order chi connectivity index (χ1) is 13.2. The summed E-state index contributed by atoms with van der Waals surface area (Å²) in [4.78, 5) is 15.2. The summed E-state index contributed by atoms with van der Waals surface area (Å²) in [5, 5.41) is 3.22. The van der Waals surface area contributed by atoms with Crippen LogP contribution in [0.25, 0.3) is 0 Å². The molecule has 1 aliphatic heterocycles. The molecule has 1 heterocycles. The zero-order valence-electron chi connectivity index (χ0n) is 15.3. The summed E-state index contributed by atoms with van der Waals surface area (Å²) in [5.74, 6) is -0.347. The van der Waals surface area contributed by atoms with E-state index in [0.717, 1.165) is 38.4 Å². The summed E-state index contributed by atoms with van der Waals surface area (Å²) in [5.41, 5.74) is 1.75. The number of hydrogen-bond donors (Lipinski definition) is 1. The zero-order valence-corrected chi connectivity index (χ0v) is 15.3. The zero-order chi connectivity index (χ0) is 18.6. The van der Waals surface area contributed by atoms with Crippen LogP contribution in [0.3, 0.4) is 0 Å². The van der Waals surface area contributed by atoms with E-state index in [9.17, 15) is 9.18 Å². The molecule has 0 aromatic heterocycles. The molecule has 4 rings (SSSR count). The number of nitrogens with zero attached hydrogens (tertiary/aromatic N) is 1. The van der Waals surface area contributed by atoms with E-state index in [4.69, 9.17) is 4.74 Å². The Morgan fingerprint density at radius 2 is 1.81 bits per heavy atom. The highest BCUT2D eigenvalue weighted by Gasteiger charge is 2.45. The summed E-state index contributed by atoms with van der Waals surface area (Å²) < 4.78 is 19.4. The normalized spacial score (nSPS) is 23.6. The van der Waals surface area contributed by atoms with Gasteiger partial charge in [0.05, 0.1) is 19.3 Å². The Morgan fingerprint density at radius 1 is 1.11 bits per heavy atom. The Hall–Kier alpha value is -2.24. The molecule has 2 aromatic rings. The molecule has 1 amide bonds. The first-order valence-corrected chi connectivity index (χ1v) is 9.62. The second-order valence-electron chi connectivity index (χ2n) is 7.36. The molecule has 3 unspecified atom stereocenters. The SMILES string of the molecule is O=C(NC(CN1CCOCC1)c1ccccc1)C1CC1c1ccccc1F. The number of amides is 1. The quantitative estimate of drug-likeness (QED) is 0.852. The van der Waals surface area contributed by atoms with Gasteiger partial charge in [-0.2, -0.15) is 0 Å². The summed E-state index contributed by atoms with van der Waals surface area (Å²) in [6.07, 6.45) is 0.714. The van der Waals surface area contributed by atoms with Gasteiger partial charge in [0.2, 0.25) is 5.91 Å². The molecule has 2 aliphatic rings. The van der Waals surface area contributed by atoms with Crippen LogP contribution in [0.1, 0.15) is 29.5 Å². The lowest BCUT2D eigenvalue weighted by atomic mass is 10.0. The lowest BCUT2D eigenvalue weighted by Gasteiger charge is -2.31. The summed E-state index contributed by atoms with van der Waals surface area (Å²) in [7, 11) is 0. The van der Waals surface area contributed by atoms with Crippen molar-refractivity contribution in [2.75, 3.05) is 32.8 Å². The molecule has 0 spiro atoms. The monoisotopic (exact) mass is 368 g/mol. The molecule has 5 heteroatoms. The average Bonchev–Trinajstić information content (AvgIpc) is 3.50. The maximum Gasteiger partial charge on any atom is 0.224 e. The number of rotatable bonds is 6. The van der Waals surface area contributed by atoms with Crippen LogP contribution < -0.4 is 5.32 Å². The van der Waals surface area contributed by atoms with Crippen molar-refractivity contribution in [1.82, 2.24) is 10.2 Å². The molecule has 1 N–H and O–H groups in total. The van der Waals surface area contributed by atoms with E-state index in [1.54, 1.807) is 12.1 Å². The van der Waals surface area contributed by atoms with E-state index >= 15 is 0 Å². The van der Waals surface area contributed by atoms with Crippen molar-refractivity contribution in [3.8, 4) is 0 Å². The second-order valence-corrected chi connectivity index (χ2v) is 7.36. The molecule has 2 fully saturated rings. The summed E-state index contributed by atoms with van der Waals surface area (Å²) >= 11 is 0. The van der Waals surface area contributed by atoms with Gasteiger partial charge in [0.1, 0.15) is 5.82 Å². The van der Waals surface area contributed by atoms with Crippen LogP contribution in [0.5, 0.6) is 0 Å². The topological polar surface area (TPSA) is 41.6 Å². The fraction of sp³-hybridized carbons (Fsp3) is 0.409. The molecular formula is C22H25FN2O2. The molecule has 1 aliphatic carbocycles. The molecule has 1 saturated heterocycles. The third-order valence-electron chi connectivity index (χ3n) is 5.49. The van der Waals surface area contributed by atoms with Gasteiger partial charge in [0.25, 0.3) is 0 Å². The fourth-order valence-corrected chi connectivity index (χ4v) is 3.84. The number of nitrogens with one attached hydrogen (secondary N) is 1. The van der Waals surface area contributed by atoms with E-state index in [0.29, 0.717) is 12.0 Å². The van der Waals surface area contributed by atoms with Gasteiger partial charge < -0.3 is 10.1 Å². The minimum atomic E-state index is -0.217. The number of carbonyl (C=O) groups is 1. The van der Waals surface area contributed by atoms with Gasteiger partial charge in [-0.25, -0.2) is 4.39 Å². The maximum absolute atomic E-state index is 14.0. The van der Waals surface area contributed by atoms with Crippen molar-refractivity contribution in [3.63, 3.8) is 0 Å². The van der Waals surface area contributed by atoms with Crippen LogP contribution in [-0.4, -0.2) is 43.7 Å². The van der Waals surface area contributed by atoms with E-state index in [1.807, 2.05) is 36.4 Å². The van der Waals surface area contributed by atoms with E-state index in [-0.39, 0.29) is 29.6 Å². The molecule has 142 valence electrons. The minimum Gasteiger partial charge on any atom is -0.379 e. The van der Waals surface area contributed by atoms with Crippen LogP contribution in [-0.2, 0) is 9.53 Å². The summed E-state index contributed by atoms with van der Waals surface area (Å²) in [6.45, 7) is 3.97. The van der Waals surface area contributed by atoms with E-state index in [2.05, 4.69) is 10.2 Å². The van der Waals surface area contributed by atoms with Crippen molar-refractivity contribution in [2.45, 2.75) is 18.4 Å². The highest BCUT2D eigenvalue weighted by molar-refractivity contribution is 5.83. The number of morpholine rings is 1. The fourth-order valence-electron chi connectivity index (χ4n) is 3.84. The third kappa shape index (κ3) is 4.37. The van der Waals surface area contributed by atoms with Gasteiger partial charge in [-0.15, -0.1) is 0 Å². The molecule has 27 heavy (non-hydrogen) atoms. The van der Waals surface area contributed by atoms with Crippen LogP contribution in [0.15, 0.2) is 54.6 Å². The Bertz CT molecular complexity index is 777. The van der Waals surface area contributed by atoms with Crippen molar-refractivity contribution in [2.24, 2.45) is 5.92 Å². The van der Waals surface area contributed by atoms with Crippen LogP contribution in [0.2, 0.25) is 0 Å². The molecule has 4 nitrogen and oxygen atoms in total. The lowest BCUT2D eigenvalue weighted by Crippen LogP contribution is -2.43. The van der Waals surface area contributed by atoms with E-state index < -0.39 is 0 Å². The number of benzene rings is 2. The van der Waals surface area contributed by atoms with Crippen molar-refractivity contribution in [1.29, 1.82) is 0 Å². The van der Waals surface area contributed by atoms with Gasteiger partial charge in [-0.3, -0.25) is 9.69 Å². The molecule has 2 aromatic carbocycles. The Labute approximate surface area is 159 Å². The number of hydrogen-bond acceptors (Lipinski definition) is 3. The van der Waals surface area contributed by atoms with Gasteiger partial charge >= 0.3 is 0 Å². The number of halogens is 1. The van der Waals surface area contributed by atoms with Crippen LogP contribution in [0, 0.1) is 11.7 Å². The average molecular weight is 368 g/mol.